The van der Waals surface area contributed by atoms with E-state index in [4.69, 9.17) is 4.99 Å². The van der Waals surface area contributed by atoms with E-state index in [9.17, 15) is 0 Å². The maximum absolute atomic E-state index is 4.85. The van der Waals surface area contributed by atoms with Crippen LogP contribution in [-0.4, -0.2) is 39.9 Å². The molecule has 1 aliphatic heterocycles. The van der Waals surface area contributed by atoms with Crippen LogP contribution in [0.3, 0.4) is 0 Å². The van der Waals surface area contributed by atoms with E-state index in [0.29, 0.717) is 17.9 Å². The second kappa shape index (κ2) is 9.22. The van der Waals surface area contributed by atoms with Crippen LogP contribution in [-0.2, 0) is 13.0 Å². The van der Waals surface area contributed by atoms with Gasteiger partial charge in [-0.1, -0.05) is 50.6 Å². The van der Waals surface area contributed by atoms with Crippen molar-refractivity contribution >= 4 is 5.96 Å². The summed E-state index contributed by atoms with van der Waals surface area (Å²) in [5.41, 5.74) is 2.63. The molecule has 0 saturated carbocycles. The Morgan fingerprint density at radius 2 is 2.14 bits per heavy atom. The monoisotopic (exact) mass is 382 g/mol. The predicted molar refractivity (Wildman–Crippen MR) is 115 cm³/mol. The van der Waals surface area contributed by atoms with Gasteiger partial charge in [0.1, 0.15) is 5.82 Å². The van der Waals surface area contributed by atoms with E-state index >= 15 is 0 Å². The summed E-state index contributed by atoms with van der Waals surface area (Å²) in [6.07, 6.45) is 2.00. The van der Waals surface area contributed by atoms with Gasteiger partial charge in [0, 0.05) is 37.4 Å². The van der Waals surface area contributed by atoms with Crippen molar-refractivity contribution in [2.45, 2.75) is 71.9 Å². The van der Waals surface area contributed by atoms with E-state index in [1.807, 2.05) is 0 Å². The molecule has 6 heteroatoms. The molecular weight excluding hydrogens is 348 g/mol. The summed E-state index contributed by atoms with van der Waals surface area (Å²) in [6.45, 7) is 13.2. The quantitative estimate of drug-likeness (QED) is 0.594. The van der Waals surface area contributed by atoms with Crippen LogP contribution in [0.5, 0.6) is 0 Å². The molecule has 152 valence electrons. The van der Waals surface area contributed by atoms with E-state index in [2.05, 4.69) is 84.3 Å². The average molecular weight is 383 g/mol. The number of guanidine groups is 1. The Morgan fingerprint density at radius 1 is 1.32 bits per heavy atom. The Balaban J connectivity index is 1.63. The molecule has 0 aliphatic carbocycles. The van der Waals surface area contributed by atoms with Gasteiger partial charge < -0.3 is 10.6 Å². The van der Waals surface area contributed by atoms with Crippen LogP contribution in [0, 0.1) is 6.92 Å². The van der Waals surface area contributed by atoms with Gasteiger partial charge in [-0.2, -0.15) is 5.10 Å². The molecule has 2 atom stereocenters. The molecule has 0 bridgehead atoms. The average Bonchev–Trinajstić information content (AvgIpc) is 3.10. The summed E-state index contributed by atoms with van der Waals surface area (Å²) in [6, 6.07) is 9.02. The fourth-order valence-electron chi connectivity index (χ4n) is 3.51. The summed E-state index contributed by atoms with van der Waals surface area (Å²) in [5, 5.41) is 11.7. The zero-order chi connectivity index (χ0) is 20.1. The van der Waals surface area contributed by atoms with Gasteiger partial charge in [-0.3, -0.25) is 4.99 Å². The minimum atomic E-state index is 0.321. The lowest BCUT2D eigenvalue weighted by atomic mass is 10.00. The first-order valence-corrected chi connectivity index (χ1v) is 10.5. The highest BCUT2D eigenvalue weighted by Gasteiger charge is 2.23. The molecule has 2 aromatic rings. The third kappa shape index (κ3) is 5.12. The van der Waals surface area contributed by atoms with Crippen LogP contribution >= 0.6 is 0 Å². The molecule has 28 heavy (non-hydrogen) atoms. The number of fused-ring (bicyclic) bond motifs is 1. The van der Waals surface area contributed by atoms with Crippen molar-refractivity contribution in [3.05, 3.63) is 47.0 Å². The molecule has 2 N–H and O–H groups in total. The largest absolute Gasteiger partial charge is 0.357 e. The van der Waals surface area contributed by atoms with Crippen LogP contribution in [0.4, 0.5) is 0 Å². The van der Waals surface area contributed by atoms with Crippen LogP contribution in [0.25, 0.3) is 0 Å². The van der Waals surface area contributed by atoms with Crippen molar-refractivity contribution in [2.24, 2.45) is 4.99 Å². The molecule has 1 aliphatic rings. The summed E-state index contributed by atoms with van der Waals surface area (Å²) >= 11 is 0. The Labute approximate surface area is 168 Å². The van der Waals surface area contributed by atoms with Gasteiger partial charge in [-0.05, 0) is 25.8 Å². The van der Waals surface area contributed by atoms with Crippen LogP contribution in [0.1, 0.15) is 68.7 Å². The molecule has 0 saturated heterocycles. The van der Waals surface area contributed by atoms with E-state index in [1.54, 1.807) is 0 Å². The van der Waals surface area contributed by atoms with E-state index in [0.717, 1.165) is 50.1 Å². The minimum absolute atomic E-state index is 0.321. The third-order valence-corrected chi connectivity index (χ3v) is 5.21. The summed E-state index contributed by atoms with van der Waals surface area (Å²) < 4.78 is 2.06. The number of nitrogens with one attached hydrogen (secondary N) is 2. The summed E-state index contributed by atoms with van der Waals surface area (Å²) in [7, 11) is 0. The van der Waals surface area contributed by atoms with Gasteiger partial charge in [0.05, 0.1) is 6.54 Å². The Morgan fingerprint density at radius 3 is 2.86 bits per heavy atom. The molecule has 2 heterocycles. The first kappa shape index (κ1) is 20.4. The highest BCUT2D eigenvalue weighted by Crippen LogP contribution is 2.18. The standard InChI is InChI=1S/C22H34N6/c1-6-23-22(24-13-17(5)18-9-7-8-16(4)12-18)25-19-10-11-20-26-21(15(2)3)27-28(20)14-19/h7-9,12,15,17,19H,6,10-11,13-14H2,1-5H3,(H2,23,24,25). The Kier molecular flexibility index (Phi) is 6.70. The number of benzene rings is 1. The van der Waals surface area contributed by atoms with Crippen molar-refractivity contribution in [2.75, 3.05) is 13.1 Å². The zero-order valence-electron chi connectivity index (χ0n) is 17.9. The number of nitrogens with zero attached hydrogens (tertiary/aromatic N) is 4. The van der Waals surface area contributed by atoms with E-state index < -0.39 is 0 Å². The zero-order valence-corrected chi connectivity index (χ0v) is 17.9. The van der Waals surface area contributed by atoms with Crippen molar-refractivity contribution < 1.29 is 0 Å². The summed E-state index contributed by atoms with van der Waals surface area (Å²) in [4.78, 5) is 9.53. The second-order valence-corrected chi connectivity index (χ2v) is 8.14. The number of aryl methyl sites for hydroxylation is 2. The van der Waals surface area contributed by atoms with Gasteiger partial charge in [0.25, 0.3) is 0 Å². The van der Waals surface area contributed by atoms with E-state index in [-0.39, 0.29) is 0 Å². The number of aromatic nitrogens is 3. The maximum atomic E-state index is 4.85. The molecule has 0 spiro atoms. The minimum Gasteiger partial charge on any atom is -0.357 e. The fraction of sp³-hybridized carbons (Fsp3) is 0.591. The van der Waals surface area contributed by atoms with Crippen molar-refractivity contribution in [1.29, 1.82) is 0 Å². The Bertz CT molecular complexity index is 807. The molecule has 6 nitrogen and oxygen atoms in total. The lowest BCUT2D eigenvalue weighted by molar-refractivity contribution is 0.391. The molecule has 1 aromatic carbocycles. The molecule has 0 amide bonds. The molecular formula is C22H34N6. The molecule has 3 rings (SSSR count). The van der Waals surface area contributed by atoms with E-state index in [1.165, 1.54) is 11.1 Å². The van der Waals surface area contributed by atoms with Crippen molar-refractivity contribution in [3.63, 3.8) is 0 Å². The second-order valence-electron chi connectivity index (χ2n) is 8.14. The fourth-order valence-corrected chi connectivity index (χ4v) is 3.51. The lowest BCUT2D eigenvalue weighted by Crippen LogP contribution is -2.47. The number of hydrogen-bond donors (Lipinski definition) is 2. The smallest absolute Gasteiger partial charge is 0.191 e. The normalized spacial score (nSPS) is 18.1. The topological polar surface area (TPSA) is 67.1 Å². The number of aliphatic imine (C=N–C) groups is 1. The molecule has 1 aromatic heterocycles. The molecule has 0 radical (unpaired) electrons. The SMILES string of the molecule is CCNC(=NCC(C)c1cccc(C)c1)NC1CCc2nc(C(C)C)nn2C1. The van der Waals surface area contributed by atoms with Crippen molar-refractivity contribution in [3.8, 4) is 0 Å². The van der Waals surface area contributed by atoms with Gasteiger partial charge >= 0.3 is 0 Å². The Hall–Kier alpha value is -2.37. The van der Waals surface area contributed by atoms with Crippen LogP contribution < -0.4 is 10.6 Å². The van der Waals surface area contributed by atoms with Gasteiger partial charge in [0.2, 0.25) is 0 Å². The number of rotatable bonds is 6. The van der Waals surface area contributed by atoms with Gasteiger partial charge in [-0.25, -0.2) is 9.67 Å². The van der Waals surface area contributed by atoms with Crippen molar-refractivity contribution in [1.82, 2.24) is 25.4 Å². The molecule has 2 unspecified atom stereocenters. The lowest BCUT2D eigenvalue weighted by Gasteiger charge is -2.25. The van der Waals surface area contributed by atoms with Crippen LogP contribution in [0.2, 0.25) is 0 Å². The predicted octanol–water partition coefficient (Wildman–Crippen LogP) is 3.38. The summed E-state index contributed by atoms with van der Waals surface area (Å²) in [5.74, 6) is 3.70. The highest BCUT2D eigenvalue weighted by atomic mass is 15.4. The maximum Gasteiger partial charge on any atom is 0.191 e. The first-order chi connectivity index (χ1) is 13.5. The van der Waals surface area contributed by atoms with Crippen LogP contribution in [0.15, 0.2) is 29.3 Å². The van der Waals surface area contributed by atoms with Gasteiger partial charge in [0.15, 0.2) is 11.8 Å². The third-order valence-electron chi connectivity index (χ3n) is 5.21. The van der Waals surface area contributed by atoms with Gasteiger partial charge in [-0.15, -0.1) is 0 Å². The highest BCUT2D eigenvalue weighted by molar-refractivity contribution is 5.80. The first-order valence-electron chi connectivity index (χ1n) is 10.5. The number of hydrogen-bond acceptors (Lipinski definition) is 3. The molecule has 0 fully saturated rings.